The molecule has 0 atom stereocenters. The lowest BCUT2D eigenvalue weighted by Crippen LogP contribution is -2.12. The van der Waals surface area contributed by atoms with E-state index in [0.717, 1.165) is 16.8 Å². The van der Waals surface area contributed by atoms with Crippen molar-refractivity contribution in [2.24, 2.45) is 5.73 Å². The summed E-state index contributed by atoms with van der Waals surface area (Å²) in [4.78, 5) is 12.0. The maximum atomic E-state index is 12.0. The lowest BCUT2D eigenvalue weighted by atomic mass is 10.1. The highest BCUT2D eigenvalue weighted by Crippen LogP contribution is 2.17. The summed E-state index contributed by atoms with van der Waals surface area (Å²) in [5.41, 5.74) is 9.12. The molecule has 3 N–H and O–H groups in total. The third-order valence-electron chi connectivity index (χ3n) is 2.81. The smallest absolute Gasteiger partial charge is 0.255 e. The minimum absolute atomic E-state index is 0.0980. The fourth-order valence-corrected chi connectivity index (χ4v) is 1.78. The van der Waals surface area contributed by atoms with Gasteiger partial charge in [-0.25, -0.2) is 0 Å². The van der Waals surface area contributed by atoms with E-state index in [2.05, 4.69) is 5.32 Å². The molecule has 0 aliphatic heterocycles. The number of hydrogen-bond donors (Lipinski definition) is 2. The molecule has 0 bridgehead atoms. The van der Waals surface area contributed by atoms with Gasteiger partial charge in [-0.05, 0) is 36.2 Å². The highest BCUT2D eigenvalue weighted by Gasteiger charge is 2.06. The van der Waals surface area contributed by atoms with Crippen molar-refractivity contribution in [3.05, 3.63) is 65.2 Å². The molecule has 0 unspecified atom stereocenters. The summed E-state index contributed by atoms with van der Waals surface area (Å²) in [6.07, 6.45) is 0. The van der Waals surface area contributed by atoms with Crippen LogP contribution >= 0.6 is 0 Å². The minimum atomic E-state index is -0.0980. The summed E-state index contributed by atoms with van der Waals surface area (Å²) >= 11 is 0. The fraction of sp³-hybridized carbons (Fsp3) is 0.133. The second kappa shape index (κ2) is 5.47. The first-order valence-corrected chi connectivity index (χ1v) is 5.86. The van der Waals surface area contributed by atoms with Gasteiger partial charge in [-0.2, -0.15) is 0 Å². The predicted octanol–water partition coefficient (Wildman–Crippen LogP) is 2.71. The first-order valence-electron chi connectivity index (χ1n) is 5.86. The topological polar surface area (TPSA) is 55.1 Å². The fourth-order valence-electron chi connectivity index (χ4n) is 1.78. The number of nitrogens with two attached hydrogens (primary N) is 1. The molecule has 1 amide bonds. The molecule has 0 saturated carbocycles. The Morgan fingerprint density at radius 3 is 2.50 bits per heavy atom. The van der Waals surface area contributed by atoms with E-state index in [0.29, 0.717) is 12.1 Å². The van der Waals surface area contributed by atoms with E-state index in [1.807, 2.05) is 43.3 Å². The van der Waals surface area contributed by atoms with Gasteiger partial charge in [-0.15, -0.1) is 0 Å². The zero-order valence-corrected chi connectivity index (χ0v) is 10.3. The van der Waals surface area contributed by atoms with Crippen LogP contribution in [-0.2, 0) is 6.54 Å². The van der Waals surface area contributed by atoms with E-state index >= 15 is 0 Å². The summed E-state index contributed by atoms with van der Waals surface area (Å²) < 4.78 is 0. The average Bonchev–Trinajstić information content (AvgIpc) is 2.42. The molecule has 3 nitrogen and oxygen atoms in total. The van der Waals surface area contributed by atoms with E-state index in [1.165, 1.54) is 0 Å². The Labute approximate surface area is 107 Å². The maximum absolute atomic E-state index is 12.0. The number of anilines is 1. The van der Waals surface area contributed by atoms with Gasteiger partial charge in [0.1, 0.15) is 0 Å². The highest BCUT2D eigenvalue weighted by atomic mass is 16.1. The SMILES string of the molecule is Cc1cc(CN)ccc1NC(=O)c1ccccc1. The molecule has 0 saturated heterocycles. The monoisotopic (exact) mass is 240 g/mol. The molecule has 0 heterocycles. The predicted molar refractivity (Wildman–Crippen MR) is 73.5 cm³/mol. The standard InChI is InChI=1S/C15H16N2O/c1-11-9-12(10-16)7-8-14(11)17-15(18)13-5-3-2-4-6-13/h2-9H,10,16H2,1H3,(H,17,18). The van der Waals surface area contributed by atoms with Crippen molar-refractivity contribution in [3.63, 3.8) is 0 Å². The molecule has 2 rings (SSSR count). The largest absolute Gasteiger partial charge is 0.326 e. The van der Waals surface area contributed by atoms with Crippen LogP contribution < -0.4 is 11.1 Å². The summed E-state index contributed by atoms with van der Waals surface area (Å²) in [5.74, 6) is -0.0980. The van der Waals surface area contributed by atoms with Gasteiger partial charge < -0.3 is 11.1 Å². The molecule has 3 heteroatoms. The summed E-state index contributed by atoms with van der Waals surface area (Å²) in [7, 11) is 0. The quantitative estimate of drug-likeness (QED) is 0.866. The minimum Gasteiger partial charge on any atom is -0.326 e. The van der Waals surface area contributed by atoms with Gasteiger partial charge in [0.2, 0.25) is 0 Å². The summed E-state index contributed by atoms with van der Waals surface area (Å²) in [6, 6.07) is 15.0. The number of hydrogen-bond acceptors (Lipinski definition) is 2. The van der Waals surface area contributed by atoms with Crippen molar-refractivity contribution in [3.8, 4) is 0 Å². The van der Waals surface area contributed by atoms with Crippen LogP contribution in [0, 0.1) is 6.92 Å². The van der Waals surface area contributed by atoms with Crippen LogP contribution in [0.1, 0.15) is 21.5 Å². The van der Waals surface area contributed by atoms with E-state index in [1.54, 1.807) is 12.1 Å². The molecule has 0 radical (unpaired) electrons. The van der Waals surface area contributed by atoms with Gasteiger partial charge >= 0.3 is 0 Å². The first kappa shape index (κ1) is 12.3. The third kappa shape index (κ3) is 2.76. The van der Waals surface area contributed by atoms with Gasteiger partial charge in [-0.1, -0.05) is 30.3 Å². The van der Waals surface area contributed by atoms with Crippen molar-refractivity contribution < 1.29 is 4.79 Å². The van der Waals surface area contributed by atoms with Gasteiger partial charge in [0.05, 0.1) is 0 Å². The molecular formula is C15H16N2O. The Bertz CT molecular complexity index is 550. The van der Waals surface area contributed by atoms with Crippen molar-refractivity contribution in [1.82, 2.24) is 0 Å². The molecule has 2 aromatic rings. The molecular weight excluding hydrogens is 224 g/mol. The van der Waals surface area contributed by atoms with Crippen LogP contribution in [0.5, 0.6) is 0 Å². The Balaban J connectivity index is 2.17. The van der Waals surface area contributed by atoms with Gasteiger partial charge in [-0.3, -0.25) is 4.79 Å². The first-order chi connectivity index (χ1) is 8.70. The second-order valence-electron chi connectivity index (χ2n) is 4.17. The number of benzene rings is 2. The maximum Gasteiger partial charge on any atom is 0.255 e. The Morgan fingerprint density at radius 2 is 1.89 bits per heavy atom. The molecule has 0 aliphatic rings. The number of rotatable bonds is 3. The number of aryl methyl sites for hydroxylation is 1. The summed E-state index contributed by atoms with van der Waals surface area (Å²) in [6.45, 7) is 2.47. The lowest BCUT2D eigenvalue weighted by molar-refractivity contribution is 0.102. The van der Waals surface area contributed by atoms with Crippen molar-refractivity contribution in [2.75, 3.05) is 5.32 Å². The van der Waals surface area contributed by atoms with Crippen LogP contribution in [0.25, 0.3) is 0 Å². The number of nitrogens with one attached hydrogen (secondary N) is 1. The van der Waals surface area contributed by atoms with Crippen molar-refractivity contribution in [1.29, 1.82) is 0 Å². The second-order valence-corrected chi connectivity index (χ2v) is 4.17. The van der Waals surface area contributed by atoms with Gasteiger partial charge in [0.15, 0.2) is 0 Å². The highest BCUT2D eigenvalue weighted by molar-refractivity contribution is 6.04. The average molecular weight is 240 g/mol. The van der Waals surface area contributed by atoms with Crippen molar-refractivity contribution in [2.45, 2.75) is 13.5 Å². The molecule has 2 aromatic carbocycles. The normalized spacial score (nSPS) is 10.1. The van der Waals surface area contributed by atoms with Crippen LogP contribution in [0.3, 0.4) is 0 Å². The van der Waals surface area contributed by atoms with Gasteiger partial charge in [0.25, 0.3) is 5.91 Å². The summed E-state index contributed by atoms with van der Waals surface area (Å²) in [5, 5.41) is 2.90. The third-order valence-corrected chi connectivity index (χ3v) is 2.81. The van der Waals surface area contributed by atoms with E-state index in [4.69, 9.17) is 5.73 Å². The Morgan fingerprint density at radius 1 is 1.17 bits per heavy atom. The molecule has 0 spiro atoms. The van der Waals surface area contributed by atoms with E-state index in [9.17, 15) is 4.79 Å². The lowest BCUT2D eigenvalue weighted by Gasteiger charge is -2.09. The van der Waals surface area contributed by atoms with E-state index < -0.39 is 0 Å². The molecule has 0 aromatic heterocycles. The zero-order valence-electron chi connectivity index (χ0n) is 10.3. The number of carbonyl (C=O) groups is 1. The molecule has 92 valence electrons. The number of amides is 1. The zero-order chi connectivity index (χ0) is 13.0. The molecule has 18 heavy (non-hydrogen) atoms. The van der Waals surface area contributed by atoms with Crippen LogP contribution in [-0.4, -0.2) is 5.91 Å². The molecule has 0 fully saturated rings. The van der Waals surface area contributed by atoms with Crippen molar-refractivity contribution >= 4 is 11.6 Å². The van der Waals surface area contributed by atoms with E-state index in [-0.39, 0.29) is 5.91 Å². The van der Waals surface area contributed by atoms with Crippen LogP contribution in [0.4, 0.5) is 5.69 Å². The van der Waals surface area contributed by atoms with Gasteiger partial charge in [0, 0.05) is 17.8 Å². The number of carbonyl (C=O) groups excluding carboxylic acids is 1. The van der Waals surface area contributed by atoms with Crippen LogP contribution in [0.15, 0.2) is 48.5 Å². The van der Waals surface area contributed by atoms with Crippen LogP contribution in [0.2, 0.25) is 0 Å². The Kier molecular flexibility index (Phi) is 3.75. The molecule has 0 aliphatic carbocycles. The Hall–Kier alpha value is -2.13.